The van der Waals surface area contributed by atoms with Crippen molar-refractivity contribution in [1.82, 2.24) is 0 Å². The van der Waals surface area contributed by atoms with Crippen LogP contribution in [0.5, 0.6) is 5.75 Å². The fraction of sp³-hybridized carbons (Fsp3) is 0.350. The van der Waals surface area contributed by atoms with Crippen molar-refractivity contribution in [2.24, 2.45) is 0 Å². The number of anilines is 1. The monoisotopic (exact) mass is 308 g/mol. The molecule has 0 saturated heterocycles. The number of benzene rings is 2. The van der Waals surface area contributed by atoms with Gasteiger partial charge in [0.15, 0.2) is 0 Å². The summed E-state index contributed by atoms with van der Waals surface area (Å²) in [5.74, 6) is 0.709. The average Bonchev–Trinajstić information content (AvgIpc) is 2.54. The second-order valence-electron chi connectivity index (χ2n) is 6.07. The normalized spacial score (nSPS) is 11.6. The van der Waals surface area contributed by atoms with Crippen molar-refractivity contribution in [2.75, 3.05) is 25.6 Å². The molecule has 0 heterocycles. The predicted octanol–water partition coefficient (Wildman–Crippen LogP) is 4.45. The van der Waals surface area contributed by atoms with Gasteiger partial charge in [-0.2, -0.15) is 5.26 Å². The minimum absolute atomic E-state index is 0.132. The Labute approximate surface area is 139 Å². The molecule has 0 saturated carbocycles. The van der Waals surface area contributed by atoms with Crippen molar-refractivity contribution < 1.29 is 4.74 Å². The molecule has 2 aromatic carbocycles. The molecule has 0 N–H and O–H groups in total. The van der Waals surface area contributed by atoms with E-state index < -0.39 is 0 Å². The first-order valence-electron chi connectivity index (χ1n) is 7.88. The van der Waals surface area contributed by atoms with Crippen molar-refractivity contribution >= 4 is 5.69 Å². The van der Waals surface area contributed by atoms with Crippen LogP contribution in [-0.4, -0.2) is 20.7 Å². The van der Waals surface area contributed by atoms with Gasteiger partial charge in [-0.3, -0.25) is 0 Å². The van der Waals surface area contributed by atoms with Crippen LogP contribution >= 0.6 is 0 Å². The quantitative estimate of drug-likeness (QED) is 0.791. The number of nitriles is 1. The third-order valence-electron chi connectivity index (χ3n) is 3.98. The van der Waals surface area contributed by atoms with Crippen molar-refractivity contribution in [3.63, 3.8) is 0 Å². The summed E-state index contributed by atoms with van der Waals surface area (Å²) in [7, 11) is 4.01. The Bertz CT molecular complexity index is 701. The zero-order valence-corrected chi connectivity index (χ0v) is 14.3. The van der Waals surface area contributed by atoms with Gasteiger partial charge in [0.2, 0.25) is 0 Å². The van der Waals surface area contributed by atoms with Gasteiger partial charge < -0.3 is 9.64 Å². The number of aryl methyl sites for hydroxylation is 2. The summed E-state index contributed by atoms with van der Waals surface area (Å²) in [5.41, 5.74) is 4.56. The highest BCUT2D eigenvalue weighted by atomic mass is 16.5. The van der Waals surface area contributed by atoms with Crippen LogP contribution < -0.4 is 9.64 Å². The summed E-state index contributed by atoms with van der Waals surface area (Å²) in [6.45, 7) is 4.64. The molecule has 0 amide bonds. The highest BCUT2D eigenvalue weighted by molar-refractivity contribution is 5.49. The van der Waals surface area contributed by atoms with E-state index in [4.69, 9.17) is 4.74 Å². The summed E-state index contributed by atoms with van der Waals surface area (Å²) in [5, 5.41) is 9.50. The number of hydrogen-bond acceptors (Lipinski definition) is 3. The molecule has 0 aliphatic rings. The number of nitrogens with zero attached hydrogens (tertiary/aromatic N) is 2. The molecule has 0 aromatic heterocycles. The van der Waals surface area contributed by atoms with Gasteiger partial charge in [-0.15, -0.1) is 0 Å². The molecular weight excluding hydrogens is 284 g/mol. The first-order chi connectivity index (χ1) is 11.0. The third kappa shape index (κ3) is 4.50. The van der Waals surface area contributed by atoms with Crippen molar-refractivity contribution in [3.05, 3.63) is 59.2 Å². The van der Waals surface area contributed by atoms with Crippen LogP contribution in [0, 0.1) is 25.2 Å². The number of rotatable bonds is 6. The highest BCUT2D eigenvalue weighted by Crippen LogP contribution is 2.25. The minimum Gasteiger partial charge on any atom is -0.493 e. The smallest absolute Gasteiger partial charge is 0.121 e. The fourth-order valence-corrected chi connectivity index (χ4v) is 2.57. The first-order valence-corrected chi connectivity index (χ1v) is 7.88. The highest BCUT2D eigenvalue weighted by Gasteiger charge is 2.13. The van der Waals surface area contributed by atoms with Crippen molar-refractivity contribution in [3.8, 4) is 11.8 Å². The van der Waals surface area contributed by atoms with E-state index in [-0.39, 0.29) is 5.92 Å². The summed E-state index contributed by atoms with van der Waals surface area (Å²) in [6.07, 6.45) is 0.687. The van der Waals surface area contributed by atoms with Crippen LogP contribution in [-0.2, 0) is 0 Å². The van der Waals surface area contributed by atoms with Crippen LogP contribution in [0.1, 0.15) is 29.0 Å². The molecule has 3 nitrogen and oxygen atoms in total. The van der Waals surface area contributed by atoms with Crippen molar-refractivity contribution in [1.29, 1.82) is 5.26 Å². The van der Waals surface area contributed by atoms with Gasteiger partial charge >= 0.3 is 0 Å². The first kappa shape index (κ1) is 16.9. The molecule has 0 spiro atoms. The average molecular weight is 308 g/mol. The van der Waals surface area contributed by atoms with E-state index in [1.165, 1.54) is 5.56 Å². The SMILES string of the molecule is Cc1ccc(C)c(C(C#N)CCOc2cccc(N(C)C)c2)c1. The Hall–Kier alpha value is -2.47. The van der Waals surface area contributed by atoms with Crippen LogP contribution in [0.2, 0.25) is 0 Å². The molecule has 0 aliphatic heterocycles. The van der Waals surface area contributed by atoms with Gasteiger partial charge in [0.05, 0.1) is 18.6 Å². The molecule has 0 radical (unpaired) electrons. The summed E-state index contributed by atoms with van der Waals surface area (Å²) < 4.78 is 5.84. The van der Waals surface area contributed by atoms with Crippen LogP contribution in [0.4, 0.5) is 5.69 Å². The van der Waals surface area contributed by atoms with Gasteiger partial charge in [0.1, 0.15) is 5.75 Å². The van der Waals surface area contributed by atoms with Gasteiger partial charge in [-0.1, -0.05) is 29.8 Å². The molecule has 0 fully saturated rings. The Morgan fingerprint density at radius 2 is 1.91 bits per heavy atom. The maximum atomic E-state index is 9.50. The molecule has 1 atom stereocenters. The Balaban J connectivity index is 2.00. The van der Waals surface area contributed by atoms with Gasteiger partial charge in [0, 0.05) is 32.3 Å². The lowest BCUT2D eigenvalue weighted by atomic mass is 9.92. The number of ether oxygens (including phenoxy) is 1. The standard InChI is InChI=1S/C20H24N2O/c1-15-8-9-16(2)20(12-15)17(14-21)10-11-23-19-7-5-6-18(13-19)22(3)4/h5-9,12-13,17H,10-11H2,1-4H3. The van der Waals surface area contributed by atoms with Crippen LogP contribution in [0.3, 0.4) is 0 Å². The van der Waals surface area contributed by atoms with E-state index in [9.17, 15) is 5.26 Å². The Morgan fingerprint density at radius 3 is 2.61 bits per heavy atom. The molecule has 1 unspecified atom stereocenters. The Kier molecular flexibility index (Phi) is 5.65. The van der Waals surface area contributed by atoms with Crippen molar-refractivity contribution in [2.45, 2.75) is 26.2 Å². The maximum Gasteiger partial charge on any atom is 0.121 e. The second kappa shape index (κ2) is 7.69. The van der Waals surface area contributed by atoms with E-state index in [0.29, 0.717) is 13.0 Å². The lowest BCUT2D eigenvalue weighted by Crippen LogP contribution is -2.09. The second-order valence-corrected chi connectivity index (χ2v) is 6.07. The molecule has 23 heavy (non-hydrogen) atoms. The topological polar surface area (TPSA) is 36.3 Å². The summed E-state index contributed by atoms with van der Waals surface area (Å²) >= 11 is 0. The maximum absolute atomic E-state index is 9.50. The van der Waals surface area contributed by atoms with Gasteiger partial charge in [0.25, 0.3) is 0 Å². The van der Waals surface area contributed by atoms with E-state index in [2.05, 4.69) is 38.1 Å². The van der Waals surface area contributed by atoms with Crippen LogP contribution in [0.25, 0.3) is 0 Å². The Morgan fingerprint density at radius 1 is 1.13 bits per heavy atom. The molecule has 0 bridgehead atoms. The molecule has 120 valence electrons. The molecular formula is C20H24N2O. The van der Waals surface area contributed by atoms with Crippen LogP contribution in [0.15, 0.2) is 42.5 Å². The largest absolute Gasteiger partial charge is 0.493 e. The zero-order valence-electron chi connectivity index (χ0n) is 14.3. The van der Waals surface area contributed by atoms with E-state index in [1.54, 1.807) is 0 Å². The lowest BCUT2D eigenvalue weighted by Gasteiger charge is -2.16. The predicted molar refractivity (Wildman–Crippen MR) is 95.2 cm³/mol. The summed E-state index contributed by atoms with van der Waals surface area (Å²) in [6, 6.07) is 16.7. The molecule has 0 aliphatic carbocycles. The summed E-state index contributed by atoms with van der Waals surface area (Å²) in [4.78, 5) is 2.04. The van der Waals surface area contributed by atoms with E-state index in [1.807, 2.05) is 43.3 Å². The molecule has 3 heteroatoms. The lowest BCUT2D eigenvalue weighted by molar-refractivity contribution is 0.306. The van der Waals surface area contributed by atoms with E-state index in [0.717, 1.165) is 22.6 Å². The number of hydrogen-bond donors (Lipinski definition) is 0. The minimum atomic E-state index is -0.132. The molecule has 2 aromatic rings. The zero-order chi connectivity index (χ0) is 16.8. The molecule has 2 rings (SSSR count). The van der Waals surface area contributed by atoms with Gasteiger partial charge in [-0.25, -0.2) is 0 Å². The third-order valence-corrected chi connectivity index (χ3v) is 3.98. The van der Waals surface area contributed by atoms with E-state index >= 15 is 0 Å². The van der Waals surface area contributed by atoms with Gasteiger partial charge in [-0.05, 0) is 37.1 Å². The fourth-order valence-electron chi connectivity index (χ4n) is 2.57.